The molecule has 0 aliphatic heterocycles. The molecular weight excluding hydrogens is 252 g/mol. The number of allylic oxidation sites excluding steroid dienone is 1. The van der Waals surface area contributed by atoms with Gasteiger partial charge in [-0.25, -0.2) is 0 Å². The number of ether oxygens (including phenoxy) is 1. The van der Waals surface area contributed by atoms with Gasteiger partial charge in [0, 0.05) is 6.42 Å². The largest absolute Gasteiger partial charge is 0.466 e. The fraction of sp³-hybridized carbons (Fsp3) is 0.438. The van der Waals surface area contributed by atoms with Crippen LogP contribution in [-0.2, 0) is 16.0 Å². The minimum Gasteiger partial charge on any atom is -0.466 e. The van der Waals surface area contributed by atoms with Gasteiger partial charge < -0.3 is 4.74 Å². The van der Waals surface area contributed by atoms with Gasteiger partial charge in [0.1, 0.15) is 0 Å². The molecule has 0 fully saturated rings. The monoisotopic (exact) mass is 276 g/mol. The summed E-state index contributed by atoms with van der Waals surface area (Å²) in [5.74, 6) is -0.118. The van der Waals surface area contributed by atoms with Gasteiger partial charge >= 0.3 is 5.97 Å². The highest BCUT2D eigenvalue weighted by Crippen LogP contribution is 2.11. The van der Waals surface area contributed by atoms with Crippen LogP contribution < -0.4 is 5.19 Å². The van der Waals surface area contributed by atoms with E-state index in [9.17, 15) is 4.79 Å². The zero-order chi connectivity index (χ0) is 14.3. The Morgan fingerprint density at radius 2 is 1.95 bits per heavy atom. The summed E-state index contributed by atoms with van der Waals surface area (Å²) in [6, 6.07) is 9.76. The molecule has 1 aromatic carbocycles. The molecule has 0 amide bonds. The summed E-state index contributed by atoms with van der Waals surface area (Å²) in [6.45, 7) is 10.8. The first-order chi connectivity index (χ1) is 8.99. The molecule has 0 heterocycles. The second-order valence-electron chi connectivity index (χ2n) is 5.38. The third-order valence-electron chi connectivity index (χ3n) is 3.31. The Morgan fingerprint density at radius 3 is 2.47 bits per heavy atom. The van der Waals surface area contributed by atoms with Crippen molar-refractivity contribution in [3.05, 3.63) is 42.5 Å². The average Bonchev–Trinajstić information content (AvgIpc) is 2.37. The van der Waals surface area contributed by atoms with Crippen LogP contribution >= 0.6 is 0 Å². The predicted octanol–water partition coefficient (Wildman–Crippen LogP) is 3.28. The first kappa shape index (κ1) is 15.7. The van der Waals surface area contributed by atoms with E-state index in [-0.39, 0.29) is 5.97 Å². The van der Waals surface area contributed by atoms with Gasteiger partial charge in [0.05, 0.1) is 14.7 Å². The lowest BCUT2D eigenvalue weighted by Crippen LogP contribution is -2.40. The normalized spacial score (nSPS) is 11.1. The number of carbonyl (C=O) groups excluding carboxylic acids is 1. The highest BCUT2D eigenvalue weighted by atomic mass is 28.3. The van der Waals surface area contributed by atoms with Crippen molar-refractivity contribution in [3.63, 3.8) is 0 Å². The van der Waals surface area contributed by atoms with E-state index in [1.54, 1.807) is 0 Å². The van der Waals surface area contributed by atoms with Crippen LogP contribution in [0.4, 0.5) is 0 Å². The Kier molecular flexibility index (Phi) is 6.02. The standard InChI is InChI=1S/C16H24O2Si/c1-5-13-19(3,4)15-10-7-14(8-11-15)9-12-16(17)18-6-2/h5,7-8,10-11H,1,6,9,12-13H2,2-4H3. The van der Waals surface area contributed by atoms with Gasteiger partial charge in [-0.15, -0.1) is 6.58 Å². The molecule has 1 rings (SSSR count). The molecule has 0 saturated heterocycles. The molecule has 0 unspecified atom stereocenters. The van der Waals surface area contributed by atoms with Gasteiger partial charge in [0.15, 0.2) is 0 Å². The van der Waals surface area contributed by atoms with E-state index >= 15 is 0 Å². The topological polar surface area (TPSA) is 26.3 Å². The minimum absolute atomic E-state index is 0.118. The smallest absolute Gasteiger partial charge is 0.306 e. The van der Waals surface area contributed by atoms with Crippen LogP contribution in [0.25, 0.3) is 0 Å². The molecule has 0 atom stereocenters. The SMILES string of the molecule is C=CC[Si](C)(C)c1ccc(CCC(=O)OCC)cc1. The van der Waals surface area contributed by atoms with E-state index in [0.717, 1.165) is 12.5 Å². The molecule has 0 N–H and O–H groups in total. The van der Waals surface area contributed by atoms with Crippen LogP contribution in [0.5, 0.6) is 0 Å². The molecule has 0 aliphatic carbocycles. The molecule has 3 heteroatoms. The van der Waals surface area contributed by atoms with Crippen LogP contribution in [0, 0.1) is 0 Å². The lowest BCUT2D eigenvalue weighted by atomic mass is 10.1. The quantitative estimate of drug-likeness (QED) is 0.434. The molecule has 0 spiro atoms. The first-order valence-electron chi connectivity index (χ1n) is 6.85. The summed E-state index contributed by atoms with van der Waals surface area (Å²) < 4.78 is 4.93. The van der Waals surface area contributed by atoms with Gasteiger partial charge in [-0.3, -0.25) is 4.79 Å². The van der Waals surface area contributed by atoms with Crippen molar-refractivity contribution in [2.45, 2.75) is 38.9 Å². The van der Waals surface area contributed by atoms with E-state index in [2.05, 4.69) is 43.9 Å². The summed E-state index contributed by atoms with van der Waals surface area (Å²) >= 11 is 0. The van der Waals surface area contributed by atoms with Gasteiger partial charge in [0.25, 0.3) is 0 Å². The number of hydrogen-bond donors (Lipinski definition) is 0. The van der Waals surface area contributed by atoms with Crippen LogP contribution in [0.1, 0.15) is 18.9 Å². The lowest BCUT2D eigenvalue weighted by molar-refractivity contribution is -0.143. The molecule has 104 valence electrons. The second-order valence-corrected chi connectivity index (χ2v) is 10.1. The zero-order valence-electron chi connectivity index (χ0n) is 12.2. The van der Waals surface area contributed by atoms with Crippen molar-refractivity contribution in [2.75, 3.05) is 6.61 Å². The molecule has 0 saturated carbocycles. The summed E-state index contributed by atoms with van der Waals surface area (Å²) in [4.78, 5) is 11.3. The number of aryl methyl sites for hydroxylation is 1. The van der Waals surface area contributed by atoms with Crippen molar-refractivity contribution in [3.8, 4) is 0 Å². The van der Waals surface area contributed by atoms with Crippen molar-refractivity contribution in [1.82, 2.24) is 0 Å². The number of carbonyl (C=O) groups is 1. The fourth-order valence-electron chi connectivity index (χ4n) is 2.08. The Balaban J connectivity index is 2.61. The van der Waals surface area contributed by atoms with E-state index in [4.69, 9.17) is 4.74 Å². The number of rotatable bonds is 7. The van der Waals surface area contributed by atoms with Crippen molar-refractivity contribution in [1.29, 1.82) is 0 Å². The Morgan fingerprint density at radius 1 is 1.32 bits per heavy atom. The maximum absolute atomic E-state index is 11.3. The van der Waals surface area contributed by atoms with Crippen molar-refractivity contribution in [2.24, 2.45) is 0 Å². The van der Waals surface area contributed by atoms with Gasteiger partial charge in [0.2, 0.25) is 0 Å². The molecule has 2 nitrogen and oxygen atoms in total. The van der Waals surface area contributed by atoms with Gasteiger partial charge in [-0.1, -0.05) is 48.6 Å². The molecule has 0 radical (unpaired) electrons. The Hall–Kier alpha value is -1.35. The highest BCUT2D eigenvalue weighted by molar-refractivity contribution is 6.90. The van der Waals surface area contributed by atoms with Crippen molar-refractivity contribution < 1.29 is 9.53 Å². The lowest BCUT2D eigenvalue weighted by Gasteiger charge is -2.21. The number of benzene rings is 1. The van der Waals surface area contributed by atoms with Crippen LogP contribution in [-0.4, -0.2) is 20.7 Å². The molecule has 0 bridgehead atoms. The summed E-state index contributed by atoms with van der Waals surface area (Å²) in [7, 11) is -1.37. The average molecular weight is 276 g/mol. The Labute approximate surface area is 117 Å². The maximum Gasteiger partial charge on any atom is 0.306 e. The summed E-state index contributed by atoms with van der Waals surface area (Å²) in [5, 5.41) is 1.44. The minimum atomic E-state index is -1.37. The Bertz CT molecular complexity index is 421. The summed E-state index contributed by atoms with van der Waals surface area (Å²) in [6.07, 6.45) is 3.23. The predicted molar refractivity (Wildman–Crippen MR) is 83.5 cm³/mol. The van der Waals surface area contributed by atoms with Crippen molar-refractivity contribution >= 4 is 19.2 Å². The zero-order valence-corrected chi connectivity index (χ0v) is 13.2. The third kappa shape index (κ3) is 5.03. The van der Waals surface area contributed by atoms with Gasteiger partial charge in [-0.2, -0.15) is 0 Å². The van der Waals surface area contributed by atoms with Crippen LogP contribution in [0.2, 0.25) is 19.1 Å². The maximum atomic E-state index is 11.3. The van der Waals surface area contributed by atoms with Crippen LogP contribution in [0.15, 0.2) is 36.9 Å². The van der Waals surface area contributed by atoms with Crippen LogP contribution in [0.3, 0.4) is 0 Å². The van der Waals surface area contributed by atoms with Gasteiger partial charge in [-0.05, 0) is 25.0 Å². The molecule has 1 aromatic rings. The third-order valence-corrected chi connectivity index (χ3v) is 6.52. The molecule has 19 heavy (non-hydrogen) atoms. The van der Waals surface area contributed by atoms with E-state index in [0.29, 0.717) is 13.0 Å². The molecule has 0 aromatic heterocycles. The highest BCUT2D eigenvalue weighted by Gasteiger charge is 2.21. The first-order valence-corrected chi connectivity index (χ1v) is 10.1. The van der Waals surface area contributed by atoms with E-state index in [1.165, 1.54) is 10.8 Å². The molecule has 0 aliphatic rings. The van der Waals surface area contributed by atoms with E-state index < -0.39 is 8.07 Å². The van der Waals surface area contributed by atoms with E-state index in [1.807, 2.05) is 13.0 Å². The summed E-state index contributed by atoms with van der Waals surface area (Å²) in [5.41, 5.74) is 1.19. The molecular formula is C16H24O2Si. The number of esters is 1. The number of hydrogen-bond acceptors (Lipinski definition) is 2. The second kappa shape index (κ2) is 7.29. The fourth-order valence-corrected chi connectivity index (χ4v) is 4.11.